The van der Waals surface area contributed by atoms with E-state index in [9.17, 15) is 13.2 Å². The van der Waals surface area contributed by atoms with Crippen molar-refractivity contribution in [2.75, 3.05) is 16.8 Å². The number of aryl methyl sites for hydroxylation is 1. The maximum Gasteiger partial charge on any atom is 0.270 e. The van der Waals surface area contributed by atoms with Crippen molar-refractivity contribution in [1.29, 1.82) is 0 Å². The van der Waals surface area contributed by atoms with Gasteiger partial charge in [0, 0.05) is 18.3 Å². The molecule has 25 heavy (non-hydrogen) atoms. The summed E-state index contributed by atoms with van der Waals surface area (Å²) in [5.74, 6) is 0.813. The van der Waals surface area contributed by atoms with Crippen LogP contribution in [0.2, 0.25) is 0 Å². The summed E-state index contributed by atoms with van der Waals surface area (Å²) in [6, 6.07) is 6.81. The minimum Gasteiger partial charge on any atom is -0.366 e. The van der Waals surface area contributed by atoms with Gasteiger partial charge in [-0.2, -0.15) is 0 Å². The van der Waals surface area contributed by atoms with Gasteiger partial charge in [0.1, 0.15) is 17.3 Å². The summed E-state index contributed by atoms with van der Waals surface area (Å²) >= 11 is 0. The Balaban J connectivity index is 1.67. The van der Waals surface area contributed by atoms with Crippen LogP contribution in [0, 0.1) is 6.92 Å². The van der Waals surface area contributed by atoms with E-state index in [2.05, 4.69) is 25.6 Å². The molecule has 0 radical (unpaired) electrons. The van der Waals surface area contributed by atoms with E-state index in [-0.39, 0.29) is 29.1 Å². The second-order valence-electron chi connectivity index (χ2n) is 5.93. The molecule has 9 heteroatoms. The normalized spacial score (nSPS) is 18.7. The maximum atomic E-state index is 12.3. The SMILES string of the molecule is Cc1nc(NC2CCS(=O)(=O)C2)cc(C(=O)NCc2ccccn2)n1. The zero-order chi connectivity index (χ0) is 17.9. The Morgan fingerprint density at radius 1 is 1.32 bits per heavy atom. The minimum absolute atomic E-state index is 0.0806. The van der Waals surface area contributed by atoms with E-state index in [1.165, 1.54) is 6.07 Å². The van der Waals surface area contributed by atoms with Crippen molar-refractivity contribution in [3.05, 3.63) is 47.7 Å². The van der Waals surface area contributed by atoms with Crippen LogP contribution >= 0.6 is 0 Å². The van der Waals surface area contributed by atoms with Crippen LogP contribution in [0.1, 0.15) is 28.4 Å². The summed E-state index contributed by atoms with van der Waals surface area (Å²) in [6.07, 6.45) is 2.20. The highest BCUT2D eigenvalue weighted by Gasteiger charge is 2.28. The molecule has 2 N–H and O–H groups in total. The van der Waals surface area contributed by atoms with Crippen molar-refractivity contribution in [3.63, 3.8) is 0 Å². The van der Waals surface area contributed by atoms with Crippen molar-refractivity contribution in [2.24, 2.45) is 0 Å². The number of carbonyl (C=O) groups excluding carboxylic acids is 1. The van der Waals surface area contributed by atoms with Gasteiger partial charge in [0.25, 0.3) is 5.91 Å². The molecule has 1 atom stereocenters. The van der Waals surface area contributed by atoms with Crippen molar-refractivity contribution in [1.82, 2.24) is 20.3 Å². The number of anilines is 1. The lowest BCUT2D eigenvalue weighted by molar-refractivity contribution is 0.0945. The Morgan fingerprint density at radius 2 is 2.16 bits per heavy atom. The van der Waals surface area contributed by atoms with Crippen molar-refractivity contribution in [3.8, 4) is 0 Å². The summed E-state index contributed by atoms with van der Waals surface area (Å²) in [7, 11) is -2.98. The number of aromatic nitrogens is 3. The van der Waals surface area contributed by atoms with E-state index < -0.39 is 9.84 Å². The molecule has 0 bridgehead atoms. The van der Waals surface area contributed by atoms with Crippen molar-refractivity contribution >= 4 is 21.6 Å². The van der Waals surface area contributed by atoms with Crippen molar-refractivity contribution < 1.29 is 13.2 Å². The van der Waals surface area contributed by atoms with Crippen LogP contribution in [-0.4, -0.2) is 46.8 Å². The van der Waals surface area contributed by atoms with Gasteiger partial charge in [-0.1, -0.05) is 6.07 Å². The average Bonchev–Trinajstić information content (AvgIpc) is 2.91. The van der Waals surface area contributed by atoms with Crippen LogP contribution in [0.3, 0.4) is 0 Å². The molecule has 0 aliphatic carbocycles. The summed E-state index contributed by atoms with van der Waals surface area (Å²) in [5.41, 5.74) is 0.975. The highest BCUT2D eigenvalue weighted by Crippen LogP contribution is 2.17. The first-order chi connectivity index (χ1) is 11.9. The molecule has 1 aliphatic rings. The first kappa shape index (κ1) is 17.3. The second kappa shape index (κ2) is 7.14. The summed E-state index contributed by atoms with van der Waals surface area (Å²) in [4.78, 5) is 24.8. The predicted octanol–water partition coefficient (Wildman–Crippen LogP) is 0.709. The number of hydrogen-bond acceptors (Lipinski definition) is 7. The largest absolute Gasteiger partial charge is 0.366 e. The third-order valence-corrected chi connectivity index (χ3v) is 5.58. The Kier molecular flexibility index (Phi) is 4.93. The van der Waals surface area contributed by atoms with Crippen LogP contribution < -0.4 is 10.6 Å². The van der Waals surface area contributed by atoms with Crippen LogP contribution in [0.25, 0.3) is 0 Å². The number of nitrogens with zero attached hydrogens (tertiary/aromatic N) is 3. The Morgan fingerprint density at radius 3 is 2.84 bits per heavy atom. The zero-order valence-corrected chi connectivity index (χ0v) is 14.6. The zero-order valence-electron chi connectivity index (χ0n) is 13.8. The second-order valence-corrected chi connectivity index (χ2v) is 8.16. The number of hydrogen-bond donors (Lipinski definition) is 2. The van der Waals surface area contributed by atoms with Gasteiger partial charge in [-0.3, -0.25) is 9.78 Å². The molecule has 8 nitrogen and oxygen atoms in total. The average molecular weight is 361 g/mol. The van der Waals surface area contributed by atoms with Crippen LogP contribution in [0.4, 0.5) is 5.82 Å². The fourth-order valence-electron chi connectivity index (χ4n) is 2.64. The molecule has 2 aromatic rings. The van der Waals surface area contributed by atoms with Gasteiger partial charge >= 0.3 is 0 Å². The monoisotopic (exact) mass is 361 g/mol. The molecule has 1 unspecified atom stereocenters. The van der Waals surface area contributed by atoms with E-state index in [1.54, 1.807) is 19.2 Å². The quantitative estimate of drug-likeness (QED) is 0.806. The van der Waals surface area contributed by atoms with Crippen molar-refractivity contribution in [2.45, 2.75) is 25.9 Å². The van der Waals surface area contributed by atoms with Gasteiger partial charge < -0.3 is 10.6 Å². The van der Waals surface area contributed by atoms with Gasteiger partial charge in [-0.05, 0) is 25.5 Å². The highest BCUT2D eigenvalue weighted by molar-refractivity contribution is 7.91. The third kappa shape index (κ3) is 4.72. The lowest BCUT2D eigenvalue weighted by atomic mass is 10.2. The maximum absolute atomic E-state index is 12.3. The summed E-state index contributed by atoms with van der Waals surface area (Å²) in [6.45, 7) is 1.98. The lowest BCUT2D eigenvalue weighted by Crippen LogP contribution is -2.26. The third-order valence-electron chi connectivity index (χ3n) is 3.81. The van der Waals surface area contributed by atoms with E-state index >= 15 is 0 Å². The Labute approximate surface area is 146 Å². The standard InChI is InChI=1S/C16H19N5O3S/c1-11-19-14(16(22)18-9-12-4-2-3-6-17-12)8-15(20-11)21-13-5-7-25(23,24)10-13/h2-4,6,8,13H,5,7,9-10H2,1H3,(H,18,22)(H,19,20,21). The molecule has 3 rings (SSSR count). The number of amides is 1. The van der Waals surface area contributed by atoms with Crippen LogP contribution in [0.5, 0.6) is 0 Å². The summed E-state index contributed by atoms with van der Waals surface area (Å²) in [5, 5.41) is 5.84. The fourth-order valence-corrected chi connectivity index (χ4v) is 4.31. The predicted molar refractivity (Wildman–Crippen MR) is 92.9 cm³/mol. The van der Waals surface area contributed by atoms with Gasteiger partial charge in [0.15, 0.2) is 9.84 Å². The Hall–Kier alpha value is -2.55. The van der Waals surface area contributed by atoms with Gasteiger partial charge in [-0.15, -0.1) is 0 Å². The Bertz CT molecular complexity index is 871. The van der Waals surface area contributed by atoms with Gasteiger partial charge in [0.05, 0.1) is 23.7 Å². The molecule has 132 valence electrons. The molecule has 1 amide bonds. The molecule has 1 aliphatic heterocycles. The molecule has 3 heterocycles. The number of rotatable bonds is 5. The van der Waals surface area contributed by atoms with Crippen LogP contribution in [-0.2, 0) is 16.4 Å². The van der Waals surface area contributed by atoms with E-state index in [4.69, 9.17) is 0 Å². The van der Waals surface area contributed by atoms with E-state index in [1.807, 2.05) is 12.1 Å². The molecule has 0 spiro atoms. The van der Waals surface area contributed by atoms with Gasteiger partial charge in [-0.25, -0.2) is 18.4 Å². The fraction of sp³-hybridized carbons (Fsp3) is 0.375. The number of pyridine rings is 1. The summed E-state index contributed by atoms with van der Waals surface area (Å²) < 4.78 is 23.1. The smallest absolute Gasteiger partial charge is 0.270 e. The highest BCUT2D eigenvalue weighted by atomic mass is 32.2. The molecule has 2 aromatic heterocycles. The molecule has 0 aromatic carbocycles. The van der Waals surface area contributed by atoms with Gasteiger partial charge in [0.2, 0.25) is 0 Å². The molecule has 0 saturated carbocycles. The minimum atomic E-state index is -2.98. The molecule has 1 fully saturated rings. The van der Waals surface area contributed by atoms with E-state index in [0.717, 1.165) is 5.69 Å². The molecule has 1 saturated heterocycles. The van der Waals surface area contributed by atoms with Crippen LogP contribution in [0.15, 0.2) is 30.5 Å². The van der Waals surface area contributed by atoms with E-state index in [0.29, 0.717) is 24.6 Å². The molecular formula is C16H19N5O3S. The number of carbonyl (C=O) groups is 1. The first-order valence-electron chi connectivity index (χ1n) is 7.92. The number of nitrogens with one attached hydrogen (secondary N) is 2. The topological polar surface area (TPSA) is 114 Å². The lowest BCUT2D eigenvalue weighted by Gasteiger charge is -2.13. The first-order valence-corrected chi connectivity index (χ1v) is 9.74. The molecular weight excluding hydrogens is 342 g/mol. The number of sulfone groups is 1.